The minimum atomic E-state index is -0.242. The van der Waals surface area contributed by atoms with Gasteiger partial charge in [-0.25, -0.2) is 0 Å². The molecule has 0 bridgehead atoms. The molecule has 0 aromatic heterocycles. The number of nitrogens with one attached hydrogen (secondary N) is 1. The lowest BCUT2D eigenvalue weighted by atomic mass is 10.0. The maximum Gasteiger partial charge on any atom is 0.252 e. The fourth-order valence-electron chi connectivity index (χ4n) is 2.41. The number of benzene rings is 2. The van der Waals surface area contributed by atoms with Crippen LogP contribution in [0.4, 0.5) is 5.69 Å². The number of carbonyl (C=O) groups is 1. The predicted octanol–water partition coefficient (Wildman–Crippen LogP) is 3.51. The number of ether oxygens (including phenoxy) is 2. The number of carbonyl (C=O) groups excluding carboxylic acids is 1. The number of nitrogens with two attached hydrogens (primary N) is 1. The van der Waals surface area contributed by atoms with Crippen molar-refractivity contribution < 1.29 is 14.3 Å². The second-order valence-electron chi connectivity index (χ2n) is 5.38. The molecule has 0 aliphatic heterocycles. The summed E-state index contributed by atoms with van der Waals surface area (Å²) in [4.78, 5) is 12.5. The molecular formula is C18H23ClN2O3. The Hall–Kier alpha value is -2.40. The molecule has 2 aromatic carbocycles. The van der Waals surface area contributed by atoms with Crippen LogP contribution in [0.3, 0.4) is 0 Å². The quantitative estimate of drug-likeness (QED) is 0.809. The Labute approximate surface area is 148 Å². The number of hydrogen-bond donors (Lipinski definition) is 2. The van der Waals surface area contributed by atoms with Crippen molar-refractivity contribution in [2.24, 2.45) is 0 Å². The van der Waals surface area contributed by atoms with E-state index in [9.17, 15) is 4.79 Å². The highest BCUT2D eigenvalue weighted by Gasteiger charge is 2.17. The van der Waals surface area contributed by atoms with Gasteiger partial charge in [-0.2, -0.15) is 0 Å². The van der Waals surface area contributed by atoms with Gasteiger partial charge < -0.3 is 20.5 Å². The summed E-state index contributed by atoms with van der Waals surface area (Å²) in [5, 5.41) is 2.98. The van der Waals surface area contributed by atoms with E-state index in [1.54, 1.807) is 26.4 Å². The summed E-state index contributed by atoms with van der Waals surface area (Å²) >= 11 is 0. The van der Waals surface area contributed by atoms with E-state index < -0.39 is 0 Å². The van der Waals surface area contributed by atoms with Crippen molar-refractivity contribution in [1.29, 1.82) is 0 Å². The van der Waals surface area contributed by atoms with Crippen LogP contribution in [0.5, 0.6) is 11.5 Å². The normalized spacial score (nSPS) is 11.2. The van der Waals surface area contributed by atoms with Crippen molar-refractivity contribution in [2.75, 3.05) is 20.0 Å². The number of anilines is 1. The number of hydrogen-bond acceptors (Lipinski definition) is 4. The van der Waals surface area contributed by atoms with Crippen LogP contribution in [0.25, 0.3) is 0 Å². The lowest BCUT2D eigenvalue weighted by Crippen LogP contribution is -2.27. The monoisotopic (exact) mass is 350 g/mol. The molecule has 0 radical (unpaired) electrons. The van der Waals surface area contributed by atoms with E-state index in [-0.39, 0.29) is 24.4 Å². The maximum absolute atomic E-state index is 12.5. The highest BCUT2D eigenvalue weighted by atomic mass is 35.5. The molecule has 130 valence electrons. The third kappa shape index (κ3) is 4.32. The minimum absolute atomic E-state index is 0. The van der Waals surface area contributed by atoms with Gasteiger partial charge in [0.05, 0.1) is 20.3 Å². The Morgan fingerprint density at radius 2 is 1.83 bits per heavy atom. The number of aryl methyl sites for hydroxylation is 1. The highest BCUT2D eigenvalue weighted by molar-refractivity contribution is 5.96. The largest absolute Gasteiger partial charge is 0.497 e. The molecule has 1 unspecified atom stereocenters. The van der Waals surface area contributed by atoms with Gasteiger partial charge in [0.1, 0.15) is 11.5 Å². The second kappa shape index (κ2) is 8.45. The summed E-state index contributed by atoms with van der Waals surface area (Å²) in [5.74, 6) is 1.23. The topological polar surface area (TPSA) is 73.6 Å². The Balaban J connectivity index is 0.00000288. The molecule has 2 aromatic rings. The first-order chi connectivity index (χ1) is 11.0. The van der Waals surface area contributed by atoms with E-state index >= 15 is 0 Å². The molecule has 24 heavy (non-hydrogen) atoms. The predicted molar refractivity (Wildman–Crippen MR) is 98.3 cm³/mol. The van der Waals surface area contributed by atoms with Gasteiger partial charge in [0, 0.05) is 16.8 Å². The van der Waals surface area contributed by atoms with Crippen LogP contribution >= 0.6 is 12.4 Å². The van der Waals surface area contributed by atoms with Crippen molar-refractivity contribution in [1.82, 2.24) is 5.32 Å². The fourth-order valence-corrected chi connectivity index (χ4v) is 2.41. The summed E-state index contributed by atoms with van der Waals surface area (Å²) in [6.45, 7) is 3.78. The lowest BCUT2D eigenvalue weighted by molar-refractivity contribution is 0.0939. The van der Waals surface area contributed by atoms with Gasteiger partial charge in [-0.15, -0.1) is 12.4 Å². The van der Waals surface area contributed by atoms with Crippen LogP contribution in [0, 0.1) is 6.92 Å². The van der Waals surface area contributed by atoms with Gasteiger partial charge in [-0.05, 0) is 49.7 Å². The van der Waals surface area contributed by atoms with E-state index in [0.717, 1.165) is 11.1 Å². The van der Waals surface area contributed by atoms with Gasteiger partial charge >= 0.3 is 0 Å². The summed E-state index contributed by atoms with van der Waals surface area (Å²) in [5.41, 5.74) is 8.63. The van der Waals surface area contributed by atoms with Gasteiger partial charge in [0.2, 0.25) is 0 Å². The fraction of sp³-hybridized carbons (Fsp3) is 0.278. The minimum Gasteiger partial charge on any atom is -0.497 e. The van der Waals surface area contributed by atoms with Crippen LogP contribution in [0.15, 0.2) is 36.4 Å². The molecule has 1 amide bonds. The zero-order chi connectivity index (χ0) is 17.0. The van der Waals surface area contributed by atoms with E-state index in [0.29, 0.717) is 22.7 Å². The molecule has 0 saturated heterocycles. The third-order valence-corrected chi connectivity index (χ3v) is 3.76. The van der Waals surface area contributed by atoms with Gasteiger partial charge in [-0.3, -0.25) is 4.79 Å². The van der Waals surface area contributed by atoms with Crippen LogP contribution in [0.2, 0.25) is 0 Å². The zero-order valence-electron chi connectivity index (χ0n) is 14.3. The molecular weight excluding hydrogens is 328 g/mol. The van der Waals surface area contributed by atoms with Crippen LogP contribution in [0.1, 0.15) is 34.5 Å². The smallest absolute Gasteiger partial charge is 0.252 e. The molecule has 0 spiro atoms. The Bertz CT molecular complexity index is 719. The van der Waals surface area contributed by atoms with Crippen molar-refractivity contribution in [3.05, 3.63) is 53.1 Å². The van der Waals surface area contributed by atoms with Crippen LogP contribution in [-0.2, 0) is 0 Å². The molecule has 6 heteroatoms. The van der Waals surface area contributed by atoms with Crippen molar-refractivity contribution in [2.45, 2.75) is 19.9 Å². The summed E-state index contributed by atoms with van der Waals surface area (Å²) < 4.78 is 10.6. The first-order valence-corrected chi connectivity index (χ1v) is 7.35. The molecule has 5 nitrogen and oxygen atoms in total. The summed E-state index contributed by atoms with van der Waals surface area (Å²) in [7, 11) is 3.20. The lowest BCUT2D eigenvalue weighted by Gasteiger charge is -2.19. The molecule has 2 rings (SSSR count). The summed E-state index contributed by atoms with van der Waals surface area (Å²) in [6, 6.07) is 10.5. The molecule has 3 N–H and O–H groups in total. The number of nitrogen functional groups attached to an aromatic ring is 1. The first kappa shape index (κ1) is 19.6. The van der Waals surface area contributed by atoms with Crippen molar-refractivity contribution in [3.63, 3.8) is 0 Å². The van der Waals surface area contributed by atoms with E-state index in [4.69, 9.17) is 15.2 Å². The van der Waals surface area contributed by atoms with Gasteiger partial charge in [0.15, 0.2) is 0 Å². The number of halogens is 1. The standard InChI is InChI=1S/C18H22N2O3.ClH/c1-11-5-6-13(19)9-15(11)18(21)20-12(2)16-10-14(22-3)7-8-17(16)23-4;/h5-10,12H,19H2,1-4H3,(H,20,21);1H. The number of amides is 1. The average Bonchev–Trinajstić information content (AvgIpc) is 2.56. The van der Waals surface area contributed by atoms with E-state index in [1.807, 2.05) is 38.1 Å². The Morgan fingerprint density at radius 1 is 1.12 bits per heavy atom. The zero-order valence-corrected chi connectivity index (χ0v) is 15.1. The summed E-state index contributed by atoms with van der Waals surface area (Å²) in [6.07, 6.45) is 0. The van der Waals surface area contributed by atoms with Gasteiger partial charge in [-0.1, -0.05) is 6.07 Å². The molecule has 0 fully saturated rings. The molecule has 1 atom stereocenters. The first-order valence-electron chi connectivity index (χ1n) is 7.35. The van der Waals surface area contributed by atoms with E-state index in [2.05, 4.69) is 5.32 Å². The Kier molecular flexibility index (Phi) is 6.92. The number of methoxy groups -OCH3 is 2. The number of rotatable bonds is 5. The van der Waals surface area contributed by atoms with E-state index in [1.165, 1.54) is 0 Å². The Morgan fingerprint density at radius 3 is 2.46 bits per heavy atom. The maximum atomic E-state index is 12.5. The SMILES string of the molecule is COc1ccc(OC)c(C(C)NC(=O)c2cc(N)ccc2C)c1.Cl. The third-order valence-electron chi connectivity index (χ3n) is 3.76. The molecule has 0 saturated carbocycles. The van der Waals surface area contributed by atoms with Crippen molar-refractivity contribution in [3.8, 4) is 11.5 Å². The highest BCUT2D eigenvalue weighted by Crippen LogP contribution is 2.29. The van der Waals surface area contributed by atoms with Crippen LogP contribution < -0.4 is 20.5 Å². The van der Waals surface area contributed by atoms with Gasteiger partial charge in [0.25, 0.3) is 5.91 Å². The average molecular weight is 351 g/mol. The molecule has 0 aliphatic carbocycles. The second-order valence-corrected chi connectivity index (χ2v) is 5.38. The van der Waals surface area contributed by atoms with Crippen molar-refractivity contribution >= 4 is 24.0 Å². The van der Waals surface area contributed by atoms with Crippen LogP contribution in [-0.4, -0.2) is 20.1 Å². The molecule has 0 heterocycles. The molecule has 0 aliphatic rings.